The normalized spacial score (nSPS) is 14.6. The van der Waals surface area contributed by atoms with E-state index in [0.29, 0.717) is 48.1 Å². The third-order valence-corrected chi connectivity index (χ3v) is 8.63. The van der Waals surface area contributed by atoms with Crippen molar-refractivity contribution in [3.63, 3.8) is 0 Å². The summed E-state index contributed by atoms with van der Waals surface area (Å²) in [4.78, 5) is 32.3. The van der Waals surface area contributed by atoms with Crippen LogP contribution in [0.4, 0.5) is 0 Å². The molecule has 0 amide bonds. The van der Waals surface area contributed by atoms with E-state index in [9.17, 15) is 9.59 Å². The Bertz CT molecular complexity index is 1770. The fraction of sp³-hybridized carbons (Fsp3) is 0.276. The number of carbonyl (C=O) groups excluding carboxylic acids is 1. The first-order chi connectivity index (χ1) is 19.7. The summed E-state index contributed by atoms with van der Waals surface area (Å²) in [5, 5.41) is 0. The van der Waals surface area contributed by atoms with Crippen molar-refractivity contribution >= 4 is 61.9 Å². The molecule has 0 unspecified atom stereocenters. The molecule has 3 aromatic rings. The van der Waals surface area contributed by atoms with Crippen molar-refractivity contribution in [3.8, 4) is 35.3 Å². The maximum Gasteiger partial charge on any atom is 0.338 e. The number of terminal acetylenes is 1. The van der Waals surface area contributed by atoms with Gasteiger partial charge in [0.05, 0.1) is 53.4 Å². The fourth-order valence-corrected chi connectivity index (χ4v) is 6.76. The van der Waals surface area contributed by atoms with Crippen molar-refractivity contribution < 1.29 is 28.5 Å². The standard InChI is InChI=1S/C29H26BrIN2O7S/c1-7-9-40-26-19(31)10-16(11-22(26)38-6)12-23-27(34)33-25(17-13-20(36-4)21(37-5)14-18(17)30)24(28(35)39-8-2)15(3)32-29(33)41-23/h1,10-14,25H,8-9H2,2-6H3/b23-12-/t25-/m0/s1. The van der Waals surface area contributed by atoms with Gasteiger partial charge in [-0.05, 0) is 77.9 Å². The van der Waals surface area contributed by atoms with Crippen molar-refractivity contribution in [3.05, 3.63) is 74.4 Å². The zero-order valence-corrected chi connectivity index (χ0v) is 27.4. The van der Waals surface area contributed by atoms with Crippen LogP contribution in [0.3, 0.4) is 0 Å². The van der Waals surface area contributed by atoms with Gasteiger partial charge in [-0.25, -0.2) is 9.79 Å². The molecule has 41 heavy (non-hydrogen) atoms. The van der Waals surface area contributed by atoms with Crippen LogP contribution in [0, 0.1) is 15.9 Å². The number of esters is 1. The van der Waals surface area contributed by atoms with Crippen LogP contribution < -0.4 is 33.8 Å². The highest BCUT2D eigenvalue weighted by Gasteiger charge is 2.35. The van der Waals surface area contributed by atoms with E-state index in [1.54, 1.807) is 38.1 Å². The number of rotatable bonds is 9. The van der Waals surface area contributed by atoms with E-state index in [4.69, 9.17) is 30.1 Å². The number of thiazole rings is 1. The summed E-state index contributed by atoms with van der Waals surface area (Å²) < 4.78 is 30.8. The summed E-state index contributed by atoms with van der Waals surface area (Å²) in [5.74, 6) is 3.83. The second-order valence-corrected chi connectivity index (χ2v) is 11.6. The maximum absolute atomic E-state index is 14.0. The van der Waals surface area contributed by atoms with Gasteiger partial charge in [-0.1, -0.05) is 33.2 Å². The lowest BCUT2D eigenvalue weighted by molar-refractivity contribution is -0.139. The highest BCUT2D eigenvalue weighted by molar-refractivity contribution is 14.1. The van der Waals surface area contributed by atoms with Gasteiger partial charge in [0.1, 0.15) is 6.61 Å². The van der Waals surface area contributed by atoms with Crippen LogP contribution in [0.25, 0.3) is 6.08 Å². The van der Waals surface area contributed by atoms with Crippen molar-refractivity contribution in [1.29, 1.82) is 0 Å². The van der Waals surface area contributed by atoms with Crippen LogP contribution in [-0.4, -0.2) is 45.1 Å². The Balaban J connectivity index is 1.97. The summed E-state index contributed by atoms with van der Waals surface area (Å²) in [6.45, 7) is 3.72. The molecule has 0 spiro atoms. The lowest BCUT2D eigenvalue weighted by atomic mass is 9.95. The number of hydrogen-bond acceptors (Lipinski definition) is 9. The molecule has 1 aliphatic heterocycles. The number of carbonyl (C=O) groups is 1. The lowest BCUT2D eigenvalue weighted by Crippen LogP contribution is -2.40. The highest BCUT2D eigenvalue weighted by Crippen LogP contribution is 2.41. The quantitative estimate of drug-likeness (QED) is 0.184. The Kier molecular flexibility index (Phi) is 9.83. The second kappa shape index (κ2) is 13.1. The van der Waals surface area contributed by atoms with Gasteiger partial charge in [-0.3, -0.25) is 9.36 Å². The van der Waals surface area contributed by atoms with Gasteiger partial charge < -0.3 is 23.7 Å². The van der Waals surface area contributed by atoms with Gasteiger partial charge in [0, 0.05) is 4.47 Å². The number of allylic oxidation sites excluding steroid dienone is 1. The molecule has 4 rings (SSSR count). The molecule has 0 fully saturated rings. The van der Waals surface area contributed by atoms with E-state index in [2.05, 4.69) is 49.4 Å². The number of aromatic nitrogens is 1. The van der Waals surface area contributed by atoms with E-state index < -0.39 is 12.0 Å². The van der Waals surface area contributed by atoms with Crippen LogP contribution in [0.15, 0.2) is 49.8 Å². The molecule has 2 aromatic carbocycles. The van der Waals surface area contributed by atoms with Gasteiger partial charge in [-0.2, -0.15) is 0 Å². The molecule has 2 heterocycles. The van der Waals surface area contributed by atoms with Gasteiger partial charge in [0.2, 0.25) is 0 Å². The number of hydrogen-bond donors (Lipinski definition) is 0. The van der Waals surface area contributed by atoms with Crippen LogP contribution in [0.2, 0.25) is 0 Å². The number of benzene rings is 2. The molecule has 0 N–H and O–H groups in total. The number of halogens is 2. The number of methoxy groups -OCH3 is 3. The average Bonchev–Trinajstić information content (AvgIpc) is 3.25. The first-order valence-electron chi connectivity index (χ1n) is 12.2. The maximum atomic E-state index is 14.0. The molecule has 9 nitrogen and oxygen atoms in total. The van der Waals surface area contributed by atoms with Gasteiger partial charge in [0.25, 0.3) is 5.56 Å². The molecular formula is C29H26BrIN2O7S. The Morgan fingerprint density at radius 3 is 2.49 bits per heavy atom. The topological polar surface area (TPSA) is 97.6 Å². The van der Waals surface area contributed by atoms with Crippen molar-refractivity contribution in [2.24, 2.45) is 4.99 Å². The molecule has 1 atom stereocenters. The largest absolute Gasteiger partial charge is 0.493 e. The predicted molar refractivity (Wildman–Crippen MR) is 168 cm³/mol. The van der Waals surface area contributed by atoms with Crippen LogP contribution >= 0.6 is 49.9 Å². The zero-order chi connectivity index (χ0) is 29.8. The van der Waals surface area contributed by atoms with Crippen molar-refractivity contribution in [1.82, 2.24) is 4.57 Å². The van der Waals surface area contributed by atoms with E-state index in [1.165, 1.54) is 37.2 Å². The Labute approximate surface area is 262 Å². The number of ether oxygens (including phenoxy) is 5. The van der Waals surface area contributed by atoms with E-state index >= 15 is 0 Å². The molecule has 214 valence electrons. The predicted octanol–water partition coefficient (Wildman–Crippen LogP) is 4.20. The van der Waals surface area contributed by atoms with Gasteiger partial charge in [-0.15, -0.1) is 6.42 Å². The van der Waals surface area contributed by atoms with Crippen LogP contribution in [-0.2, 0) is 9.53 Å². The average molecular weight is 753 g/mol. The fourth-order valence-electron chi connectivity index (χ4n) is 4.39. The van der Waals surface area contributed by atoms with E-state index in [1.807, 2.05) is 6.07 Å². The summed E-state index contributed by atoms with van der Waals surface area (Å²) in [7, 11) is 4.59. The Morgan fingerprint density at radius 1 is 1.17 bits per heavy atom. The second-order valence-electron chi connectivity index (χ2n) is 8.56. The Hall–Kier alpha value is -3.28. The molecule has 12 heteroatoms. The van der Waals surface area contributed by atoms with Crippen molar-refractivity contribution in [2.75, 3.05) is 34.5 Å². The number of nitrogens with zero attached hydrogens (tertiary/aromatic N) is 2. The molecule has 0 bridgehead atoms. The molecular weight excluding hydrogens is 727 g/mol. The summed E-state index contributed by atoms with van der Waals surface area (Å²) in [5.41, 5.74) is 1.71. The van der Waals surface area contributed by atoms with E-state index in [0.717, 1.165) is 9.13 Å². The highest BCUT2D eigenvalue weighted by atomic mass is 127. The van der Waals surface area contributed by atoms with E-state index in [-0.39, 0.29) is 24.3 Å². The Morgan fingerprint density at radius 2 is 1.85 bits per heavy atom. The minimum absolute atomic E-state index is 0.0954. The van der Waals surface area contributed by atoms with Crippen molar-refractivity contribution in [2.45, 2.75) is 19.9 Å². The first kappa shape index (κ1) is 30.7. The van der Waals surface area contributed by atoms with Gasteiger partial charge in [0.15, 0.2) is 27.8 Å². The molecule has 0 aliphatic carbocycles. The third kappa shape index (κ3) is 6.02. The summed E-state index contributed by atoms with van der Waals surface area (Å²) >= 11 is 6.96. The zero-order valence-electron chi connectivity index (χ0n) is 22.9. The minimum atomic E-state index is -0.837. The smallest absolute Gasteiger partial charge is 0.338 e. The van der Waals surface area contributed by atoms with Gasteiger partial charge >= 0.3 is 5.97 Å². The van der Waals surface area contributed by atoms with Crippen LogP contribution in [0.5, 0.6) is 23.0 Å². The summed E-state index contributed by atoms with van der Waals surface area (Å²) in [6.07, 6.45) is 7.10. The third-order valence-electron chi connectivity index (χ3n) is 6.16. The number of fused-ring (bicyclic) bond motifs is 1. The SMILES string of the molecule is C#CCOc1c(I)cc(/C=c2\sc3n(c2=O)[C@@H](c2cc(OC)c(OC)cc2Br)C(C(=O)OCC)=C(C)N=3)cc1OC. The molecule has 1 aromatic heterocycles. The minimum Gasteiger partial charge on any atom is -0.493 e. The lowest BCUT2D eigenvalue weighted by Gasteiger charge is -2.26. The molecule has 0 saturated heterocycles. The molecule has 0 saturated carbocycles. The van der Waals surface area contributed by atoms with Crippen LogP contribution in [0.1, 0.15) is 31.0 Å². The monoisotopic (exact) mass is 752 g/mol. The first-order valence-corrected chi connectivity index (χ1v) is 14.9. The molecule has 0 radical (unpaired) electrons. The summed E-state index contributed by atoms with van der Waals surface area (Å²) in [6, 6.07) is 6.27. The molecule has 1 aliphatic rings.